The van der Waals surface area contributed by atoms with E-state index in [4.69, 9.17) is 0 Å². The molecule has 1 aliphatic rings. The molecule has 1 atom stereocenters. The molecule has 1 N–H and O–H groups in total. The number of rotatable bonds is 5. The van der Waals surface area contributed by atoms with Crippen LogP contribution in [0.25, 0.3) is 0 Å². The van der Waals surface area contributed by atoms with E-state index in [1.54, 1.807) is 12.1 Å². The van der Waals surface area contributed by atoms with E-state index < -0.39 is 9.84 Å². The molecular weight excluding hydrogens is 330 g/mol. The van der Waals surface area contributed by atoms with Crippen LogP contribution in [0.1, 0.15) is 13.3 Å². The second-order valence-electron chi connectivity index (χ2n) is 6.18. The molecule has 0 aromatic heterocycles. The number of amides is 2. The number of hydrogen-bond donors (Lipinski definition) is 1. The number of hydrogen-bond acceptors (Lipinski definition) is 5. The van der Waals surface area contributed by atoms with E-state index in [0.717, 1.165) is 5.69 Å². The largest absolute Gasteiger partial charge is 0.378 e. The third-order valence-corrected chi connectivity index (χ3v) is 5.73. The van der Waals surface area contributed by atoms with Gasteiger partial charge in [-0.15, -0.1) is 0 Å². The van der Waals surface area contributed by atoms with Crippen molar-refractivity contribution >= 4 is 33.0 Å². The van der Waals surface area contributed by atoms with Gasteiger partial charge in [0.15, 0.2) is 9.84 Å². The zero-order valence-electron chi connectivity index (χ0n) is 14.2. The maximum atomic E-state index is 12.2. The Labute approximate surface area is 142 Å². The van der Waals surface area contributed by atoms with Gasteiger partial charge in [-0.1, -0.05) is 0 Å². The van der Waals surface area contributed by atoms with Crippen LogP contribution in [0, 0.1) is 0 Å². The summed E-state index contributed by atoms with van der Waals surface area (Å²) in [5.74, 6) is -0.540. The van der Waals surface area contributed by atoms with Gasteiger partial charge in [-0.25, -0.2) is 8.42 Å². The van der Waals surface area contributed by atoms with Crippen molar-refractivity contribution in [1.82, 2.24) is 5.32 Å². The van der Waals surface area contributed by atoms with E-state index in [2.05, 4.69) is 5.32 Å². The molecule has 1 saturated heterocycles. The lowest BCUT2D eigenvalue weighted by Crippen LogP contribution is -2.44. The molecule has 1 heterocycles. The van der Waals surface area contributed by atoms with Crippen LogP contribution in [0.5, 0.6) is 0 Å². The van der Waals surface area contributed by atoms with E-state index in [-0.39, 0.29) is 35.9 Å². The van der Waals surface area contributed by atoms with Gasteiger partial charge in [0.2, 0.25) is 11.8 Å². The molecule has 0 aliphatic carbocycles. The van der Waals surface area contributed by atoms with Crippen molar-refractivity contribution in [1.29, 1.82) is 0 Å². The van der Waals surface area contributed by atoms with Gasteiger partial charge in [-0.05, 0) is 30.7 Å². The number of benzene rings is 1. The second-order valence-corrected chi connectivity index (χ2v) is 8.41. The lowest BCUT2D eigenvalue weighted by Gasteiger charge is -2.22. The fourth-order valence-corrected chi connectivity index (χ4v) is 4.31. The van der Waals surface area contributed by atoms with Gasteiger partial charge < -0.3 is 15.1 Å². The first-order valence-electron chi connectivity index (χ1n) is 7.73. The molecule has 0 saturated carbocycles. The van der Waals surface area contributed by atoms with E-state index in [0.29, 0.717) is 12.1 Å². The fraction of sp³-hybridized carbons (Fsp3) is 0.500. The van der Waals surface area contributed by atoms with Crippen molar-refractivity contribution in [3.05, 3.63) is 24.3 Å². The molecule has 0 spiro atoms. The lowest BCUT2D eigenvalue weighted by atomic mass is 10.2. The van der Waals surface area contributed by atoms with Crippen LogP contribution in [-0.2, 0) is 19.4 Å². The van der Waals surface area contributed by atoms with Gasteiger partial charge >= 0.3 is 0 Å². The van der Waals surface area contributed by atoms with Crippen molar-refractivity contribution in [3.8, 4) is 0 Å². The topological polar surface area (TPSA) is 86.8 Å². The predicted octanol–water partition coefficient (Wildman–Crippen LogP) is 0.409. The Bertz CT molecular complexity index is 713. The highest BCUT2D eigenvalue weighted by Crippen LogP contribution is 2.20. The summed E-state index contributed by atoms with van der Waals surface area (Å²) in [5, 5.41) is 2.70. The van der Waals surface area contributed by atoms with Crippen LogP contribution < -0.4 is 15.1 Å². The summed E-state index contributed by atoms with van der Waals surface area (Å²) in [7, 11) is 0.784. The van der Waals surface area contributed by atoms with Crippen molar-refractivity contribution in [2.24, 2.45) is 0 Å². The smallest absolute Gasteiger partial charge is 0.240 e. The SMILES string of the molecule is CC(=O)N(CC(=O)NC1CCS(=O)(=O)C1)c1ccc(N(C)C)cc1. The van der Waals surface area contributed by atoms with Crippen LogP contribution in [0.3, 0.4) is 0 Å². The van der Waals surface area contributed by atoms with Crippen LogP contribution >= 0.6 is 0 Å². The fourth-order valence-electron chi connectivity index (χ4n) is 2.64. The first-order valence-corrected chi connectivity index (χ1v) is 9.55. The van der Waals surface area contributed by atoms with Gasteiger partial charge in [0, 0.05) is 38.4 Å². The maximum Gasteiger partial charge on any atom is 0.240 e. The van der Waals surface area contributed by atoms with E-state index in [1.165, 1.54) is 11.8 Å². The number of carbonyl (C=O) groups excluding carboxylic acids is 2. The highest BCUT2D eigenvalue weighted by molar-refractivity contribution is 7.91. The number of nitrogens with zero attached hydrogens (tertiary/aromatic N) is 2. The van der Waals surface area contributed by atoms with Crippen LogP contribution in [0.4, 0.5) is 11.4 Å². The Kier molecular flexibility index (Phi) is 5.48. The first-order chi connectivity index (χ1) is 11.2. The number of carbonyl (C=O) groups is 2. The summed E-state index contributed by atoms with van der Waals surface area (Å²) in [5.41, 5.74) is 1.62. The minimum atomic E-state index is -3.05. The summed E-state index contributed by atoms with van der Waals surface area (Å²) < 4.78 is 22.9. The van der Waals surface area contributed by atoms with E-state index in [9.17, 15) is 18.0 Å². The minimum absolute atomic E-state index is 0.0314. The first kappa shape index (κ1) is 18.3. The number of sulfone groups is 1. The van der Waals surface area contributed by atoms with Crippen molar-refractivity contribution < 1.29 is 18.0 Å². The van der Waals surface area contributed by atoms with Gasteiger partial charge in [0.05, 0.1) is 11.5 Å². The summed E-state index contributed by atoms with van der Waals surface area (Å²) in [6.07, 6.45) is 0.422. The number of nitrogens with one attached hydrogen (secondary N) is 1. The average Bonchev–Trinajstić information content (AvgIpc) is 2.83. The molecule has 7 nitrogen and oxygen atoms in total. The molecule has 1 aromatic rings. The Morgan fingerprint density at radius 1 is 1.17 bits per heavy atom. The Hall–Kier alpha value is -2.09. The molecule has 1 unspecified atom stereocenters. The van der Waals surface area contributed by atoms with Crippen LogP contribution in [0.15, 0.2) is 24.3 Å². The van der Waals surface area contributed by atoms with Gasteiger partial charge in [-0.2, -0.15) is 0 Å². The lowest BCUT2D eigenvalue weighted by molar-refractivity contribution is -0.123. The summed E-state index contributed by atoms with van der Waals surface area (Å²) >= 11 is 0. The van der Waals surface area contributed by atoms with E-state index >= 15 is 0 Å². The summed E-state index contributed by atoms with van der Waals surface area (Å²) in [4.78, 5) is 27.4. The molecule has 0 radical (unpaired) electrons. The molecule has 132 valence electrons. The Balaban J connectivity index is 2.03. The van der Waals surface area contributed by atoms with Crippen LogP contribution in [-0.4, -0.2) is 58.4 Å². The molecule has 24 heavy (non-hydrogen) atoms. The summed E-state index contributed by atoms with van der Waals surface area (Å²) in [6, 6.07) is 6.93. The zero-order chi connectivity index (χ0) is 17.9. The molecule has 0 bridgehead atoms. The van der Waals surface area contributed by atoms with Gasteiger partial charge in [-0.3, -0.25) is 9.59 Å². The monoisotopic (exact) mass is 353 g/mol. The van der Waals surface area contributed by atoms with Crippen molar-refractivity contribution in [2.75, 3.05) is 41.9 Å². The Morgan fingerprint density at radius 2 is 1.75 bits per heavy atom. The zero-order valence-corrected chi connectivity index (χ0v) is 15.0. The molecule has 2 rings (SSSR count). The molecule has 2 amide bonds. The standard InChI is InChI=1S/C16H23N3O4S/c1-12(20)19(15-6-4-14(5-7-15)18(2)3)10-16(21)17-13-8-9-24(22,23)11-13/h4-7,13H,8-11H2,1-3H3,(H,17,21). The molecular formula is C16H23N3O4S. The molecule has 1 aliphatic heterocycles. The summed E-state index contributed by atoms with van der Waals surface area (Å²) in [6.45, 7) is 1.26. The quantitative estimate of drug-likeness (QED) is 0.828. The third-order valence-electron chi connectivity index (χ3n) is 3.96. The minimum Gasteiger partial charge on any atom is -0.378 e. The second kappa shape index (κ2) is 7.21. The normalized spacial score (nSPS) is 18.9. The molecule has 8 heteroatoms. The number of anilines is 2. The maximum absolute atomic E-state index is 12.2. The van der Waals surface area contributed by atoms with E-state index in [1.807, 2.05) is 31.1 Å². The Morgan fingerprint density at radius 3 is 2.21 bits per heavy atom. The van der Waals surface area contributed by atoms with Crippen molar-refractivity contribution in [3.63, 3.8) is 0 Å². The molecule has 1 aromatic carbocycles. The van der Waals surface area contributed by atoms with Crippen LogP contribution in [0.2, 0.25) is 0 Å². The van der Waals surface area contributed by atoms with Crippen molar-refractivity contribution in [2.45, 2.75) is 19.4 Å². The third kappa shape index (κ3) is 4.70. The predicted molar refractivity (Wildman–Crippen MR) is 94.0 cm³/mol. The average molecular weight is 353 g/mol. The van der Waals surface area contributed by atoms with Gasteiger partial charge in [0.1, 0.15) is 6.54 Å². The highest BCUT2D eigenvalue weighted by Gasteiger charge is 2.29. The molecule has 1 fully saturated rings. The highest BCUT2D eigenvalue weighted by atomic mass is 32.2. The van der Waals surface area contributed by atoms with Gasteiger partial charge in [0.25, 0.3) is 0 Å².